The third-order valence-electron chi connectivity index (χ3n) is 2.69. The zero-order chi connectivity index (χ0) is 12.0. The summed E-state index contributed by atoms with van der Waals surface area (Å²) in [7, 11) is 0. The van der Waals surface area contributed by atoms with E-state index >= 15 is 0 Å². The third kappa shape index (κ3) is 3.08. The van der Waals surface area contributed by atoms with Crippen LogP contribution < -0.4 is 11.2 Å². The average molecular weight is 219 g/mol. The van der Waals surface area contributed by atoms with Crippen LogP contribution >= 0.6 is 0 Å². The number of benzene rings is 1. The predicted octanol–water partition coefficient (Wildman–Crippen LogP) is 2.01. The van der Waals surface area contributed by atoms with E-state index in [1.165, 1.54) is 0 Å². The molecule has 0 aliphatic rings. The van der Waals surface area contributed by atoms with E-state index in [0.29, 0.717) is 0 Å². The molecule has 0 radical (unpaired) electrons. The molecule has 0 aromatic heterocycles. The van der Waals surface area contributed by atoms with E-state index < -0.39 is 6.03 Å². The predicted molar refractivity (Wildman–Crippen MR) is 65.3 cm³/mol. The van der Waals surface area contributed by atoms with Crippen LogP contribution in [0.1, 0.15) is 25.8 Å². The van der Waals surface area contributed by atoms with Crippen LogP contribution in [0.2, 0.25) is 0 Å². The highest BCUT2D eigenvalue weighted by Crippen LogP contribution is 2.24. The summed E-state index contributed by atoms with van der Waals surface area (Å²) in [5, 5.41) is 3.84. The number of nitrogens with one attached hydrogen (secondary N) is 1. The topological polar surface area (TPSA) is 67.5 Å². The van der Waals surface area contributed by atoms with Crippen molar-refractivity contribution in [3.63, 3.8) is 0 Å². The van der Waals surface area contributed by atoms with Gasteiger partial charge in [0.25, 0.3) is 0 Å². The van der Waals surface area contributed by atoms with Crippen molar-refractivity contribution < 1.29 is 4.79 Å². The Labute approximate surface area is 95.5 Å². The first-order valence-corrected chi connectivity index (χ1v) is 5.23. The molecule has 0 aliphatic carbocycles. The maximum Gasteiger partial charge on any atom is 0.332 e. The van der Waals surface area contributed by atoms with Crippen molar-refractivity contribution in [1.82, 2.24) is 5.43 Å². The first kappa shape index (κ1) is 12.2. The number of rotatable bonds is 4. The maximum absolute atomic E-state index is 10.5. The highest BCUT2D eigenvalue weighted by Gasteiger charge is 2.21. The van der Waals surface area contributed by atoms with Crippen LogP contribution in [0.5, 0.6) is 0 Å². The number of nitrogens with zero attached hydrogens (tertiary/aromatic N) is 1. The van der Waals surface area contributed by atoms with Crippen molar-refractivity contribution in [2.75, 3.05) is 0 Å². The van der Waals surface area contributed by atoms with Gasteiger partial charge in [0.2, 0.25) is 0 Å². The fraction of sp³-hybridized carbons (Fsp3) is 0.333. The third-order valence-corrected chi connectivity index (χ3v) is 2.69. The number of hydrogen-bond acceptors (Lipinski definition) is 2. The molecule has 0 fully saturated rings. The second-order valence-electron chi connectivity index (χ2n) is 3.87. The molecule has 1 atom stereocenters. The Balaban J connectivity index is 2.86. The molecule has 0 heterocycles. The fourth-order valence-corrected chi connectivity index (χ4v) is 1.43. The van der Waals surface area contributed by atoms with E-state index in [1.807, 2.05) is 30.3 Å². The second kappa shape index (κ2) is 5.30. The molecule has 1 rings (SSSR count). The highest BCUT2D eigenvalue weighted by molar-refractivity contribution is 5.76. The quantitative estimate of drug-likeness (QED) is 0.590. The first-order chi connectivity index (χ1) is 7.58. The molecule has 1 aromatic carbocycles. The number of urea groups is 1. The lowest BCUT2D eigenvalue weighted by Crippen LogP contribution is -2.28. The van der Waals surface area contributed by atoms with E-state index in [4.69, 9.17) is 5.73 Å². The van der Waals surface area contributed by atoms with Crippen LogP contribution in [0.25, 0.3) is 0 Å². The Morgan fingerprint density at radius 3 is 2.62 bits per heavy atom. The zero-order valence-corrected chi connectivity index (χ0v) is 9.60. The van der Waals surface area contributed by atoms with E-state index in [2.05, 4.69) is 24.4 Å². The molecule has 0 bridgehead atoms. The van der Waals surface area contributed by atoms with Crippen molar-refractivity contribution in [3.8, 4) is 0 Å². The summed E-state index contributed by atoms with van der Waals surface area (Å²) in [6.07, 6.45) is 2.61. The second-order valence-corrected chi connectivity index (χ2v) is 3.87. The molecular formula is C12H17N3O. The Hall–Kier alpha value is -1.84. The first-order valence-electron chi connectivity index (χ1n) is 5.23. The van der Waals surface area contributed by atoms with Crippen molar-refractivity contribution in [2.24, 2.45) is 10.8 Å². The minimum Gasteiger partial charge on any atom is -0.350 e. The van der Waals surface area contributed by atoms with Crippen molar-refractivity contribution in [1.29, 1.82) is 0 Å². The van der Waals surface area contributed by atoms with Crippen LogP contribution in [0.3, 0.4) is 0 Å². The van der Waals surface area contributed by atoms with Gasteiger partial charge in [0.15, 0.2) is 0 Å². The van der Waals surface area contributed by atoms with Gasteiger partial charge in [-0.05, 0) is 12.0 Å². The van der Waals surface area contributed by atoms with Crippen LogP contribution in [0.4, 0.5) is 4.79 Å². The summed E-state index contributed by atoms with van der Waals surface area (Å²) in [5.74, 6) is 0. The van der Waals surface area contributed by atoms with Gasteiger partial charge in [-0.2, -0.15) is 5.10 Å². The molecule has 1 unspecified atom stereocenters. The number of hydrogen-bond donors (Lipinski definition) is 2. The summed E-state index contributed by atoms with van der Waals surface area (Å²) in [6, 6.07) is 9.37. The SMILES string of the molecule is CCC(C)(/C=N/NC(N)=O)c1ccccc1. The minimum atomic E-state index is -0.650. The smallest absolute Gasteiger partial charge is 0.332 e. The van der Waals surface area contributed by atoms with Gasteiger partial charge in [-0.15, -0.1) is 0 Å². The van der Waals surface area contributed by atoms with E-state index in [0.717, 1.165) is 12.0 Å². The van der Waals surface area contributed by atoms with Crippen LogP contribution in [0, 0.1) is 0 Å². The van der Waals surface area contributed by atoms with E-state index in [9.17, 15) is 4.79 Å². The van der Waals surface area contributed by atoms with Gasteiger partial charge < -0.3 is 5.73 Å². The van der Waals surface area contributed by atoms with Gasteiger partial charge in [0.05, 0.1) is 0 Å². The fourth-order valence-electron chi connectivity index (χ4n) is 1.43. The Morgan fingerprint density at radius 1 is 1.50 bits per heavy atom. The van der Waals surface area contributed by atoms with E-state index in [-0.39, 0.29) is 5.41 Å². The molecule has 4 nitrogen and oxygen atoms in total. The van der Waals surface area contributed by atoms with Crippen molar-refractivity contribution in [2.45, 2.75) is 25.7 Å². The Kier molecular flexibility index (Phi) is 4.05. The van der Waals surface area contributed by atoms with Crippen molar-refractivity contribution >= 4 is 12.2 Å². The molecule has 0 aliphatic heterocycles. The number of amides is 2. The largest absolute Gasteiger partial charge is 0.350 e. The zero-order valence-electron chi connectivity index (χ0n) is 9.60. The number of carbonyl (C=O) groups is 1. The number of hydrazone groups is 1. The molecule has 0 saturated heterocycles. The van der Waals surface area contributed by atoms with Crippen LogP contribution in [-0.2, 0) is 5.41 Å². The molecule has 4 heteroatoms. The minimum absolute atomic E-state index is 0.191. The Bertz CT molecular complexity index is 375. The average Bonchev–Trinajstić information content (AvgIpc) is 2.29. The summed E-state index contributed by atoms with van der Waals surface area (Å²) in [6.45, 7) is 4.14. The highest BCUT2D eigenvalue weighted by atomic mass is 16.2. The number of nitrogens with two attached hydrogens (primary N) is 1. The van der Waals surface area contributed by atoms with Gasteiger partial charge in [-0.3, -0.25) is 0 Å². The molecule has 0 spiro atoms. The molecular weight excluding hydrogens is 202 g/mol. The molecule has 0 saturated carbocycles. The number of carbonyl (C=O) groups excluding carboxylic acids is 1. The van der Waals surface area contributed by atoms with E-state index in [1.54, 1.807) is 6.21 Å². The summed E-state index contributed by atoms with van der Waals surface area (Å²) < 4.78 is 0. The maximum atomic E-state index is 10.5. The summed E-state index contributed by atoms with van der Waals surface area (Å²) >= 11 is 0. The lowest BCUT2D eigenvalue weighted by atomic mass is 9.81. The monoisotopic (exact) mass is 219 g/mol. The van der Waals surface area contributed by atoms with Crippen molar-refractivity contribution in [3.05, 3.63) is 35.9 Å². The lowest BCUT2D eigenvalue weighted by molar-refractivity contribution is 0.249. The van der Waals surface area contributed by atoms with Gasteiger partial charge >= 0.3 is 6.03 Å². The van der Waals surface area contributed by atoms with Crippen LogP contribution in [0.15, 0.2) is 35.4 Å². The molecule has 3 N–H and O–H groups in total. The molecule has 86 valence electrons. The van der Waals surface area contributed by atoms with Gasteiger partial charge in [-0.25, -0.2) is 10.2 Å². The van der Waals surface area contributed by atoms with Gasteiger partial charge in [0.1, 0.15) is 0 Å². The summed E-state index contributed by atoms with van der Waals surface area (Å²) in [4.78, 5) is 10.5. The standard InChI is InChI=1S/C12H17N3O/c1-3-12(2,9-14-15-11(13)16)10-7-5-4-6-8-10/h4-9H,3H2,1-2H3,(H3,13,15,16)/b14-9+. The normalized spacial score (nSPS) is 14.6. The van der Waals surface area contributed by atoms with Gasteiger partial charge in [0, 0.05) is 11.6 Å². The summed E-state index contributed by atoms with van der Waals surface area (Å²) in [5.41, 5.74) is 8.12. The lowest BCUT2D eigenvalue weighted by Gasteiger charge is -2.23. The Morgan fingerprint density at radius 2 is 2.12 bits per heavy atom. The van der Waals surface area contributed by atoms with Gasteiger partial charge in [-0.1, -0.05) is 44.2 Å². The molecule has 16 heavy (non-hydrogen) atoms. The number of primary amides is 1. The molecule has 1 aromatic rings. The molecule has 2 amide bonds. The van der Waals surface area contributed by atoms with Crippen LogP contribution in [-0.4, -0.2) is 12.2 Å².